The summed E-state index contributed by atoms with van der Waals surface area (Å²) < 4.78 is 45.8. The molecular formula is C28H27ClF3N5O3. The molecule has 0 spiro atoms. The summed E-state index contributed by atoms with van der Waals surface area (Å²) >= 11 is 6.07. The molecule has 40 heavy (non-hydrogen) atoms. The standard InChI is InChI=1S/C28H27ClF3N5O3/c1-27(2,3)22(25(39)40-4)34-24(38)19-14-33-26(28(30,31)32)35-23(19)37-15-20(16-8-6-5-7-9-16)21(36-37)17-10-12-18(29)13-11-17/h5-14,20,22H,15H2,1-4H3,(H,34,38)/t20?,22-/m1/s1. The maximum Gasteiger partial charge on any atom is 0.451 e. The molecule has 0 bridgehead atoms. The van der Waals surface area contributed by atoms with E-state index in [0.29, 0.717) is 16.3 Å². The van der Waals surface area contributed by atoms with E-state index in [1.165, 1.54) is 12.1 Å². The first-order chi connectivity index (χ1) is 18.8. The Morgan fingerprint density at radius 3 is 2.30 bits per heavy atom. The van der Waals surface area contributed by atoms with Crippen LogP contribution in [0.25, 0.3) is 0 Å². The van der Waals surface area contributed by atoms with Crippen molar-refractivity contribution in [3.05, 3.63) is 88.3 Å². The number of alkyl halides is 3. The van der Waals surface area contributed by atoms with E-state index in [0.717, 1.165) is 11.8 Å². The zero-order valence-corrected chi connectivity index (χ0v) is 22.9. The van der Waals surface area contributed by atoms with Crippen molar-refractivity contribution in [3.8, 4) is 0 Å². The Bertz CT molecular complexity index is 1420. The van der Waals surface area contributed by atoms with Gasteiger partial charge in [0.05, 0.1) is 19.4 Å². The molecule has 0 radical (unpaired) electrons. The number of halogens is 4. The van der Waals surface area contributed by atoms with E-state index in [1.807, 2.05) is 30.3 Å². The van der Waals surface area contributed by atoms with Crippen LogP contribution in [-0.2, 0) is 15.7 Å². The number of nitrogens with one attached hydrogen (secondary N) is 1. The van der Waals surface area contributed by atoms with Crippen LogP contribution in [-0.4, -0.2) is 47.3 Å². The number of hydrogen-bond acceptors (Lipinski definition) is 7. The fraction of sp³-hybridized carbons (Fsp3) is 0.321. The Kier molecular flexibility index (Phi) is 8.15. The zero-order valence-electron chi connectivity index (χ0n) is 22.2. The highest BCUT2D eigenvalue weighted by Crippen LogP contribution is 2.35. The number of esters is 1. The maximum absolute atomic E-state index is 13.7. The summed E-state index contributed by atoms with van der Waals surface area (Å²) in [5, 5.41) is 8.99. The number of hydrazone groups is 1. The average molecular weight is 574 g/mol. The number of nitrogens with zero attached hydrogens (tertiary/aromatic N) is 4. The molecule has 210 valence electrons. The molecule has 1 amide bonds. The van der Waals surface area contributed by atoms with E-state index in [4.69, 9.17) is 16.3 Å². The highest BCUT2D eigenvalue weighted by molar-refractivity contribution is 6.30. The number of aromatic nitrogens is 2. The molecule has 0 saturated heterocycles. The lowest BCUT2D eigenvalue weighted by molar-refractivity contribution is -0.146. The van der Waals surface area contributed by atoms with Gasteiger partial charge in [0.15, 0.2) is 5.82 Å². The minimum absolute atomic E-state index is 0.0935. The van der Waals surface area contributed by atoms with Gasteiger partial charge >= 0.3 is 12.1 Å². The fourth-order valence-corrected chi connectivity index (χ4v) is 4.41. The Hall–Kier alpha value is -3.99. The lowest BCUT2D eigenvalue weighted by Gasteiger charge is -2.29. The van der Waals surface area contributed by atoms with E-state index in [1.54, 1.807) is 45.0 Å². The summed E-state index contributed by atoms with van der Waals surface area (Å²) in [6.07, 6.45) is -4.07. The summed E-state index contributed by atoms with van der Waals surface area (Å²) in [5.41, 5.74) is 1.09. The molecule has 12 heteroatoms. The molecule has 8 nitrogen and oxygen atoms in total. The molecule has 3 aromatic rings. The summed E-state index contributed by atoms with van der Waals surface area (Å²) in [4.78, 5) is 33.0. The largest absolute Gasteiger partial charge is 0.467 e. The van der Waals surface area contributed by atoms with Crippen LogP contribution < -0.4 is 10.3 Å². The van der Waals surface area contributed by atoms with E-state index < -0.39 is 35.3 Å². The number of hydrogen-bond donors (Lipinski definition) is 1. The number of carbonyl (C=O) groups excluding carboxylic acids is 2. The minimum atomic E-state index is -4.87. The Morgan fingerprint density at radius 2 is 1.73 bits per heavy atom. The zero-order chi connectivity index (χ0) is 29.2. The number of methoxy groups -OCH3 is 1. The second kappa shape index (κ2) is 11.2. The first-order valence-corrected chi connectivity index (χ1v) is 12.7. The van der Waals surface area contributed by atoms with Crippen molar-refractivity contribution in [3.63, 3.8) is 0 Å². The van der Waals surface area contributed by atoms with Crippen molar-refractivity contribution in [2.45, 2.75) is 38.9 Å². The highest BCUT2D eigenvalue weighted by Gasteiger charge is 2.40. The lowest BCUT2D eigenvalue weighted by Crippen LogP contribution is -2.50. The van der Waals surface area contributed by atoms with Crippen molar-refractivity contribution in [2.75, 3.05) is 18.7 Å². The predicted octanol–water partition coefficient (Wildman–Crippen LogP) is 5.47. The van der Waals surface area contributed by atoms with Crippen LogP contribution in [0.1, 0.15) is 54.0 Å². The van der Waals surface area contributed by atoms with Gasteiger partial charge in [-0.25, -0.2) is 19.8 Å². The quantitative estimate of drug-likeness (QED) is 0.393. The van der Waals surface area contributed by atoms with Gasteiger partial charge in [-0.3, -0.25) is 4.79 Å². The van der Waals surface area contributed by atoms with E-state index >= 15 is 0 Å². The highest BCUT2D eigenvalue weighted by atomic mass is 35.5. The Morgan fingerprint density at radius 1 is 1.07 bits per heavy atom. The molecular weight excluding hydrogens is 547 g/mol. The molecule has 1 N–H and O–H groups in total. The van der Waals surface area contributed by atoms with Crippen molar-refractivity contribution in [1.29, 1.82) is 0 Å². The summed E-state index contributed by atoms with van der Waals surface area (Å²) in [6, 6.07) is 15.1. The van der Waals surface area contributed by atoms with Crippen LogP contribution in [0.2, 0.25) is 5.02 Å². The van der Waals surface area contributed by atoms with Crippen molar-refractivity contribution < 1.29 is 27.5 Å². The fourth-order valence-electron chi connectivity index (χ4n) is 4.28. The monoisotopic (exact) mass is 573 g/mol. The van der Waals surface area contributed by atoms with Crippen LogP contribution in [0.3, 0.4) is 0 Å². The van der Waals surface area contributed by atoms with Gasteiger partial charge in [-0.2, -0.15) is 18.3 Å². The van der Waals surface area contributed by atoms with E-state index in [2.05, 4.69) is 20.4 Å². The second-order valence-electron chi connectivity index (χ2n) is 10.3. The third-order valence-corrected chi connectivity index (χ3v) is 6.60. The lowest BCUT2D eigenvalue weighted by atomic mass is 9.86. The van der Waals surface area contributed by atoms with E-state index in [-0.39, 0.29) is 23.8 Å². The van der Waals surface area contributed by atoms with Gasteiger partial charge in [0, 0.05) is 17.1 Å². The predicted molar refractivity (Wildman–Crippen MR) is 144 cm³/mol. The van der Waals surface area contributed by atoms with Gasteiger partial charge in [-0.1, -0.05) is 74.8 Å². The number of anilines is 1. The molecule has 1 aliphatic rings. The van der Waals surface area contributed by atoms with Crippen molar-refractivity contribution >= 4 is 35.0 Å². The summed E-state index contributed by atoms with van der Waals surface area (Å²) in [5.74, 6) is -3.68. The summed E-state index contributed by atoms with van der Waals surface area (Å²) in [7, 11) is 1.18. The first kappa shape index (κ1) is 29.0. The molecule has 0 fully saturated rings. The van der Waals surface area contributed by atoms with Gasteiger partial charge in [-0.15, -0.1) is 0 Å². The first-order valence-electron chi connectivity index (χ1n) is 12.3. The molecule has 4 rings (SSSR count). The van der Waals surface area contributed by atoms with Crippen LogP contribution in [0, 0.1) is 5.41 Å². The van der Waals surface area contributed by atoms with Gasteiger partial charge in [0.1, 0.15) is 11.6 Å². The van der Waals surface area contributed by atoms with Crippen LogP contribution >= 0.6 is 11.6 Å². The molecule has 2 heterocycles. The Labute approximate surface area is 234 Å². The Balaban J connectivity index is 1.82. The smallest absolute Gasteiger partial charge is 0.451 e. The van der Waals surface area contributed by atoms with Gasteiger partial charge in [0.2, 0.25) is 5.82 Å². The van der Waals surface area contributed by atoms with Gasteiger partial charge in [-0.05, 0) is 28.7 Å². The maximum atomic E-state index is 13.7. The number of amides is 1. The molecule has 0 aliphatic carbocycles. The van der Waals surface area contributed by atoms with Crippen LogP contribution in [0.4, 0.5) is 19.0 Å². The van der Waals surface area contributed by atoms with Crippen molar-refractivity contribution in [2.24, 2.45) is 10.5 Å². The SMILES string of the molecule is COC(=O)[C@@H](NC(=O)c1cnc(C(F)(F)F)nc1N1CC(c2ccccc2)C(c2ccc(Cl)cc2)=N1)C(C)(C)C. The number of benzene rings is 2. The molecule has 1 unspecified atom stereocenters. The molecule has 2 aromatic carbocycles. The number of rotatable bonds is 6. The topological polar surface area (TPSA) is 96.8 Å². The van der Waals surface area contributed by atoms with Gasteiger partial charge in [0.25, 0.3) is 5.91 Å². The van der Waals surface area contributed by atoms with Crippen LogP contribution in [0.15, 0.2) is 65.9 Å². The average Bonchev–Trinajstić information content (AvgIpc) is 3.36. The van der Waals surface area contributed by atoms with E-state index in [9.17, 15) is 22.8 Å². The normalized spacial score (nSPS) is 16.4. The third-order valence-electron chi connectivity index (χ3n) is 6.35. The third kappa shape index (κ3) is 6.25. The van der Waals surface area contributed by atoms with Gasteiger partial charge < -0.3 is 10.1 Å². The van der Waals surface area contributed by atoms with Crippen molar-refractivity contribution in [1.82, 2.24) is 15.3 Å². The van der Waals surface area contributed by atoms with Crippen LogP contribution in [0.5, 0.6) is 0 Å². The summed E-state index contributed by atoms with van der Waals surface area (Å²) in [6.45, 7) is 5.24. The number of carbonyl (C=O) groups is 2. The molecule has 0 saturated carbocycles. The number of ether oxygens (including phenoxy) is 1. The molecule has 1 aliphatic heterocycles. The minimum Gasteiger partial charge on any atom is -0.467 e. The molecule has 1 aromatic heterocycles. The molecule has 2 atom stereocenters. The second-order valence-corrected chi connectivity index (χ2v) is 10.7.